The van der Waals surface area contributed by atoms with Gasteiger partial charge in [-0.15, -0.1) is 0 Å². The molecule has 16 heavy (non-hydrogen) atoms. The first kappa shape index (κ1) is 11.2. The molecule has 0 spiro atoms. The van der Waals surface area contributed by atoms with Crippen LogP contribution in [0, 0.1) is 0 Å². The highest BCUT2D eigenvalue weighted by atomic mass is 35.5. The van der Waals surface area contributed by atoms with E-state index in [9.17, 15) is 4.79 Å². The number of carboxylic acid groups (broad SMARTS) is 1. The molecule has 2 N–H and O–H groups in total. The maximum absolute atomic E-state index is 10.8. The Morgan fingerprint density at radius 2 is 2.12 bits per heavy atom. The van der Waals surface area contributed by atoms with Gasteiger partial charge in [-0.1, -0.05) is 11.6 Å². The van der Waals surface area contributed by atoms with Gasteiger partial charge in [-0.2, -0.15) is 10.0 Å². The number of nitrogens with one attached hydrogen (secondary N) is 1. The molecule has 6 heteroatoms. The lowest BCUT2D eigenvalue weighted by atomic mass is 10.3. The minimum absolute atomic E-state index is 0.250. The van der Waals surface area contributed by atoms with E-state index >= 15 is 0 Å². The fourth-order valence-corrected chi connectivity index (χ4v) is 2.23. The van der Waals surface area contributed by atoms with Crippen molar-refractivity contribution in [3.05, 3.63) is 23.5 Å². The predicted octanol–water partition coefficient (Wildman–Crippen LogP) is 2.02. The molecule has 1 fully saturated rings. The molecular formula is C10H13ClN3O2+. The van der Waals surface area contributed by atoms with Crippen molar-refractivity contribution in [2.75, 3.05) is 13.1 Å². The zero-order valence-electron chi connectivity index (χ0n) is 8.69. The van der Waals surface area contributed by atoms with E-state index in [0.29, 0.717) is 5.15 Å². The lowest BCUT2D eigenvalue weighted by molar-refractivity contribution is 0.154. The van der Waals surface area contributed by atoms with Crippen LogP contribution in [0.3, 0.4) is 0 Å². The zero-order valence-corrected chi connectivity index (χ0v) is 9.44. The first-order chi connectivity index (χ1) is 7.62. The van der Waals surface area contributed by atoms with Crippen molar-refractivity contribution in [1.82, 2.24) is 15.0 Å². The van der Waals surface area contributed by atoms with Gasteiger partial charge in [-0.25, -0.2) is 9.78 Å². The number of halogens is 1. The molecule has 0 bridgehead atoms. The Kier molecular flexibility index (Phi) is 2.98. The zero-order chi connectivity index (χ0) is 11.6. The molecule has 0 radical (unpaired) electrons. The second-order valence-electron chi connectivity index (χ2n) is 3.88. The van der Waals surface area contributed by atoms with Gasteiger partial charge in [0.15, 0.2) is 5.69 Å². The van der Waals surface area contributed by atoms with Crippen LogP contribution in [-0.2, 0) is 0 Å². The Labute approximate surface area is 98.2 Å². The van der Waals surface area contributed by atoms with Crippen LogP contribution in [-0.4, -0.2) is 29.3 Å². The molecule has 1 saturated heterocycles. The number of rotatable bonds is 2. The van der Waals surface area contributed by atoms with Gasteiger partial charge in [0, 0.05) is 18.9 Å². The average molecular weight is 243 g/mol. The summed E-state index contributed by atoms with van der Waals surface area (Å²) in [5, 5.41) is 9.30. The van der Waals surface area contributed by atoms with Gasteiger partial charge in [0.05, 0.1) is 6.20 Å². The Morgan fingerprint density at radius 1 is 1.44 bits per heavy atom. The Hall–Kier alpha value is -1.33. The van der Waals surface area contributed by atoms with Crippen LogP contribution in [0.25, 0.3) is 0 Å². The fourth-order valence-electron chi connectivity index (χ4n) is 2.11. The van der Waals surface area contributed by atoms with Gasteiger partial charge >= 0.3 is 6.09 Å². The maximum atomic E-state index is 10.8. The van der Waals surface area contributed by atoms with Crippen LogP contribution in [0.5, 0.6) is 0 Å². The first-order valence-electron chi connectivity index (χ1n) is 5.13. The molecule has 86 valence electrons. The van der Waals surface area contributed by atoms with E-state index in [1.165, 1.54) is 0 Å². The summed E-state index contributed by atoms with van der Waals surface area (Å²) < 4.78 is 0.250. The van der Waals surface area contributed by atoms with Crippen molar-refractivity contribution in [2.24, 2.45) is 0 Å². The summed E-state index contributed by atoms with van der Waals surface area (Å²) in [6, 6.07) is 3.50. The van der Waals surface area contributed by atoms with E-state index in [1.54, 1.807) is 12.3 Å². The molecule has 0 aliphatic carbocycles. The number of quaternary nitrogens is 1. The normalized spacial score (nSPS) is 18.3. The molecule has 0 aromatic carbocycles. The standard InChI is InChI=1S/C10H12ClN3O2/c11-9-4-3-8(7-12-9)14(13-10(15)16)5-1-2-6-14/h3-4,7,13H,1-2,5-6H2/p+1. The highest BCUT2D eigenvalue weighted by Gasteiger charge is 2.37. The summed E-state index contributed by atoms with van der Waals surface area (Å²) in [6.45, 7) is 1.52. The molecule has 0 saturated carbocycles. The van der Waals surface area contributed by atoms with Crippen molar-refractivity contribution >= 4 is 23.4 Å². The number of carbonyl (C=O) groups is 1. The fraction of sp³-hybridized carbons (Fsp3) is 0.400. The molecule has 0 atom stereocenters. The molecule has 1 amide bonds. The molecule has 1 aliphatic heterocycles. The van der Waals surface area contributed by atoms with E-state index in [-0.39, 0.29) is 4.59 Å². The quantitative estimate of drug-likeness (QED) is 0.616. The Balaban J connectivity index is 2.31. The maximum Gasteiger partial charge on any atom is 0.449 e. The molecule has 2 rings (SSSR count). The lowest BCUT2D eigenvalue weighted by Crippen LogP contribution is -2.59. The molecule has 2 heterocycles. The number of hydrogen-bond donors (Lipinski definition) is 2. The van der Waals surface area contributed by atoms with Crippen LogP contribution >= 0.6 is 11.6 Å². The second-order valence-corrected chi connectivity index (χ2v) is 4.27. The van der Waals surface area contributed by atoms with Crippen molar-refractivity contribution in [3.8, 4) is 0 Å². The Morgan fingerprint density at radius 3 is 2.62 bits per heavy atom. The lowest BCUT2D eigenvalue weighted by Gasteiger charge is -2.30. The van der Waals surface area contributed by atoms with Crippen molar-refractivity contribution < 1.29 is 9.90 Å². The van der Waals surface area contributed by atoms with Crippen LogP contribution in [0.1, 0.15) is 12.8 Å². The Bertz CT molecular complexity index is 388. The number of pyridine rings is 1. The van der Waals surface area contributed by atoms with Crippen LogP contribution in [0.4, 0.5) is 10.5 Å². The van der Waals surface area contributed by atoms with Gasteiger partial charge < -0.3 is 5.11 Å². The van der Waals surface area contributed by atoms with Gasteiger partial charge in [0.2, 0.25) is 0 Å². The van der Waals surface area contributed by atoms with Crippen LogP contribution in [0.2, 0.25) is 5.15 Å². The summed E-state index contributed by atoms with van der Waals surface area (Å²) >= 11 is 5.71. The summed E-state index contributed by atoms with van der Waals surface area (Å²) in [7, 11) is 0. The SMILES string of the molecule is O=C(O)N[N+]1(c2ccc(Cl)nc2)CCCC1. The van der Waals surface area contributed by atoms with E-state index < -0.39 is 6.09 Å². The van der Waals surface area contributed by atoms with E-state index in [0.717, 1.165) is 31.6 Å². The first-order valence-corrected chi connectivity index (χ1v) is 5.51. The van der Waals surface area contributed by atoms with Crippen molar-refractivity contribution in [3.63, 3.8) is 0 Å². The molecule has 5 nitrogen and oxygen atoms in total. The molecular weight excluding hydrogens is 230 g/mol. The monoisotopic (exact) mass is 242 g/mol. The van der Waals surface area contributed by atoms with Crippen molar-refractivity contribution in [2.45, 2.75) is 12.8 Å². The highest BCUT2D eigenvalue weighted by Crippen LogP contribution is 2.26. The number of nitrogens with zero attached hydrogens (tertiary/aromatic N) is 2. The molecule has 1 aromatic rings. The smallest absolute Gasteiger partial charge is 0.449 e. The summed E-state index contributed by atoms with van der Waals surface area (Å²) in [4.78, 5) is 14.8. The van der Waals surface area contributed by atoms with E-state index in [4.69, 9.17) is 16.7 Å². The van der Waals surface area contributed by atoms with Gasteiger partial charge in [0.1, 0.15) is 18.2 Å². The molecule has 1 aliphatic rings. The van der Waals surface area contributed by atoms with Crippen LogP contribution in [0.15, 0.2) is 18.3 Å². The topological polar surface area (TPSA) is 62.2 Å². The highest BCUT2D eigenvalue weighted by molar-refractivity contribution is 6.29. The predicted molar refractivity (Wildman–Crippen MR) is 61.2 cm³/mol. The largest absolute Gasteiger partial charge is 0.462 e. The van der Waals surface area contributed by atoms with Crippen LogP contribution < -0.4 is 10.0 Å². The summed E-state index contributed by atoms with van der Waals surface area (Å²) in [6.07, 6.45) is 2.62. The minimum Gasteiger partial charge on any atom is -0.462 e. The summed E-state index contributed by atoms with van der Waals surface area (Å²) in [5.74, 6) is 0. The van der Waals surface area contributed by atoms with Gasteiger partial charge in [-0.3, -0.25) is 0 Å². The van der Waals surface area contributed by atoms with E-state index in [2.05, 4.69) is 10.4 Å². The molecule has 0 unspecified atom stereocenters. The molecule has 1 aromatic heterocycles. The third kappa shape index (κ3) is 2.10. The summed E-state index contributed by atoms with van der Waals surface area (Å²) in [5.41, 5.74) is 3.40. The third-order valence-electron chi connectivity index (χ3n) is 2.85. The van der Waals surface area contributed by atoms with Gasteiger partial charge in [-0.05, 0) is 6.07 Å². The van der Waals surface area contributed by atoms with Crippen molar-refractivity contribution in [1.29, 1.82) is 0 Å². The number of hydrogen-bond acceptors (Lipinski definition) is 2. The van der Waals surface area contributed by atoms with Gasteiger partial charge in [0.25, 0.3) is 0 Å². The second kappa shape index (κ2) is 4.27. The average Bonchev–Trinajstić information content (AvgIpc) is 2.67. The number of aromatic nitrogens is 1. The minimum atomic E-state index is -1.02. The number of amides is 1. The van der Waals surface area contributed by atoms with E-state index in [1.807, 2.05) is 6.07 Å². The third-order valence-corrected chi connectivity index (χ3v) is 3.07.